The Kier molecular flexibility index (Phi) is 7.47. The van der Waals surface area contributed by atoms with Crippen LogP contribution >= 0.6 is 24.8 Å². The van der Waals surface area contributed by atoms with E-state index in [1.807, 2.05) is 54.3 Å². The van der Waals surface area contributed by atoms with Gasteiger partial charge < -0.3 is 15.1 Å². The van der Waals surface area contributed by atoms with Crippen molar-refractivity contribution in [2.45, 2.75) is 38.3 Å². The van der Waals surface area contributed by atoms with Crippen LogP contribution in [0.4, 0.5) is 0 Å². The summed E-state index contributed by atoms with van der Waals surface area (Å²) in [6.45, 7) is 2.73. The van der Waals surface area contributed by atoms with Gasteiger partial charge in [0, 0.05) is 24.0 Å². The second-order valence-electron chi connectivity index (χ2n) is 6.97. The number of para-hydroxylation sites is 1. The summed E-state index contributed by atoms with van der Waals surface area (Å²) < 4.78 is 5.50. The molecule has 5 nitrogen and oxygen atoms in total. The fourth-order valence-corrected chi connectivity index (χ4v) is 3.81. The van der Waals surface area contributed by atoms with Crippen molar-refractivity contribution >= 4 is 41.6 Å². The predicted octanol–water partition coefficient (Wildman–Crippen LogP) is 4.68. The first-order valence-corrected chi connectivity index (χ1v) is 9.15. The van der Waals surface area contributed by atoms with Gasteiger partial charge in [0.1, 0.15) is 5.69 Å². The molecule has 2 N–H and O–H groups in total. The Morgan fingerprint density at radius 2 is 2.00 bits per heavy atom. The maximum atomic E-state index is 13.5. The van der Waals surface area contributed by atoms with Crippen LogP contribution < -0.4 is 5.73 Å². The van der Waals surface area contributed by atoms with E-state index in [0.717, 1.165) is 36.7 Å². The largest absolute Gasteiger partial charge is 0.463 e. The molecule has 1 aliphatic rings. The summed E-state index contributed by atoms with van der Waals surface area (Å²) in [5.41, 5.74) is 8.30. The Hall–Kier alpha value is -2.08. The van der Waals surface area contributed by atoms with E-state index in [1.54, 1.807) is 6.26 Å². The highest BCUT2D eigenvalue weighted by Crippen LogP contribution is 2.28. The highest BCUT2D eigenvalue weighted by molar-refractivity contribution is 6.07. The summed E-state index contributed by atoms with van der Waals surface area (Å²) in [6.07, 6.45) is 4.70. The maximum Gasteiger partial charge on any atom is 0.254 e. The van der Waals surface area contributed by atoms with Crippen molar-refractivity contribution in [1.82, 2.24) is 9.88 Å². The Balaban J connectivity index is 0.00000140. The van der Waals surface area contributed by atoms with Gasteiger partial charge in [-0.2, -0.15) is 0 Å². The standard InChI is InChI=1S/C21H23N3O2.2ClH/c1-14(22)19-9-4-5-11-24(19)21(25)16-13-18(20-10-6-12-26-20)23-17-8-3-2-7-15(16)17;;/h2-3,6-8,10,12-14,19H,4-5,9,11,22H2,1H3;2*1H. The number of halogens is 2. The van der Waals surface area contributed by atoms with Crippen LogP contribution in [0.2, 0.25) is 0 Å². The fourth-order valence-electron chi connectivity index (χ4n) is 3.81. The molecule has 3 aromatic rings. The third-order valence-corrected chi connectivity index (χ3v) is 5.14. The van der Waals surface area contributed by atoms with Gasteiger partial charge in [-0.1, -0.05) is 18.2 Å². The second kappa shape index (κ2) is 9.41. The number of fused-ring (bicyclic) bond motifs is 1. The molecule has 2 aromatic heterocycles. The summed E-state index contributed by atoms with van der Waals surface area (Å²) in [4.78, 5) is 20.1. The number of amides is 1. The Labute approximate surface area is 177 Å². The SMILES string of the molecule is CC(N)C1CCCCN1C(=O)c1cc(-c2ccco2)nc2ccccc12.Cl.Cl. The van der Waals surface area contributed by atoms with E-state index in [9.17, 15) is 4.79 Å². The molecule has 0 radical (unpaired) electrons. The van der Waals surface area contributed by atoms with Crippen molar-refractivity contribution in [3.63, 3.8) is 0 Å². The zero-order chi connectivity index (χ0) is 18.1. The Morgan fingerprint density at radius 3 is 2.71 bits per heavy atom. The highest BCUT2D eigenvalue weighted by Gasteiger charge is 2.31. The molecular weight excluding hydrogens is 397 g/mol. The summed E-state index contributed by atoms with van der Waals surface area (Å²) in [7, 11) is 0. The lowest BCUT2D eigenvalue weighted by Crippen LogP contribution is -2.51. The molecule has 3 heterocycles. The summed E-state index contributed by atoms with van der Waals surface area (Å²) in [6, 6.07) is 13.3. The van der Waals surface area contributed by atoms with Crippen LogP contribution in [0.25, 0.3) is 22.4 Å². The quantitative estimate of drug-likeness (QED) is 0.665. The first kappa shape index (κ1) is 22.2. The van der Waals surface area contributed by atoms with E-state index in [1.165, 1.54) is 0 Å². The van der Waals surface area contributed by atoms with Gasteiger partial charge in [0.25, 0.3) is 5.91 Å². The van der Waals surface area contributed by atoms with Crippen molar-refractivity contribution in [2.24, 2.45) is 5.73 Å². The summed E-state index contributed by atoms with van der Waals surface area (Å²) in [5, 5.41) is 0.863. The molecule has 28 heavy (non-hydrogen) atoms. The number of rotatable bonds is 3. The third kappa shape index (κ3) is 4.17. The third-order valence-electron chi connectivity index (χ3n) is 5.14. The molecule has 0 saturated carbocycles. The number of pyridine rings is 1. The number of furan rings is 1. The number of aromatic nitrogens is 1. The molecular formula is C21H25Cl2N3O2. The lowest BCUT2D eigenvalue weighted by molar-refractivity contribution is 0.0586. The number of carbonyl (C=O) groups excluding carboxylic acids is 1. The molecule has 1 amide bonds. The minimum Gasteiger partial charge on any atom is -0.463 e. The van der Waals surface area contributed by atoms with E-state index in [-0.39, 0.29) is 42.8 Å². The molecule has 150 valence electrons. The number of hydrogen-bond acceptors (Lipinski definition) is 4. The van der Waals surface area contributed by atoms with Crippen molar-refractivity contribution in [3.05, 3.63) is 54.3 Å². The molecule has 0 spiro atoms. The van der Waals surface area contributed by atoms with Crippen LogP contribution in [0, 0.1) is 0 Å². The van der Waals surface area contributed by atoms with Crippen LogP contribution in [0.3, 0.4) is 0 Å². The molecule has 7 heteroatoms. The van der Waals surface area contributed by atoms with Crippen LogP contribution in [-0.2, 0) is 0 Å². The Morgan fingerprint density at radius 1 is 1.21 bits per heavy atom. The Bertz CT molecular complexity index is 929. The van der Waals surface area contributed by atoms with Crippen molar-refractivity contribution in [1.29, 1.82) is 0 Å². The molecule has 1 aliphatic heterocycles. The molecule has 1 aromatic carbocycles. The molecule has 2 atom stereocenters. The normalized spacial score (nSPS) is 17.5. The zero-order valence-corrected chi connectivity index (χ0v) is 17.3. The van der Waals surface area contributed by atoms with Crippen molar-refractivity contribution in [3.8, 4) is 11.5 Å². The van der Waals surface area contributed by atoms with Gasteiger partial charge in [-0.3, -0.25) is 4.79 Å². The number of hydrogen-bond donors (Lipinski definition) is 1. The van der Waals surface area contributed by atoms with Gasteiger partial charge in [-0.05, 0) is 50.5 Å². The van der Waals surface area contributed by atoms with Gasteiger partial charge in [0.2, 0.25) is 0 Å². The first-order valence-electron chi connectivity index (χ1n) is 9.15. The minimum atomic E-state index is -0.0445. The van der Waals surface area contributed by atoms with Gasteiger partial charge in [0.15, 0.2) is 5.76 Å². The topological polar surface area (TPSA) is 72.4 Å². The van der Waals surface area contributed by atoms with E-state index in [0.29, 0.717) is 17.0 Å². The number of likely N-dealkylation sites (tertiary alicyclic amines) is 1. The smallest absolute Gasteiger partial charge is 0.254 e. The molecule has 0 bridgehead atoms. The number of carbonyl (C=O) groups is 1. The molecule has 1 fully saturated rings. The second-order valence-corrected chi connectivity index (χ2v) is 6.97. The van der Waals surface area contributed by atoms with E-state index in [2.05, 4.69) is 4.98 Å². The lowest BCUT2D eigenvalue weighted by Gasteiger charge is -2.38. The number of benzene rings is 1. The number of nitrogens with zero attached hydrogens (tertiary/aromatic N) is 2. The van der Waals surface area contributed by atoms with Gasteiger partial charge in [-0.15, -0.1) is 24.8 Å². The molecule has 4 rings (SSSR count). The fraction of sp³-hybridized carbons (Fsp3) is 0.333. The van der Waals surface area contributed by atoms with Gasteiger partial charge in [0.05, 0.1) is 17.3 Å². The van der Waals surface area contributed by atoms with E-state index in [4.69, 9.17) is 10.2 Å². The summed E-state index contributed by atoms with van der Waals surface area (Å²) in [5.74, 6) is 0.686. The van der Waals surface area contributed by atoms with Crippen LogP contribution in [0.15, 0.2) is 53.1 Å². The van der Waals surface area contributed by atoms with Crippen LogP contribution in [0.1, 0.15) is 36.5 Å². The zero-order valence-electron chi connectivity index (χ0n) is 15.7. The maximum absolute atomic E-state index is 13.5. The van der Waals surface area contributed by atoms with Gasteiger partial charge in [-0.25, -0.2) is 4.98 Å². The van der Waals surface area contributed by atoms with Crippen molar-refractivity contribution < 1.29 is 9.21 Å². The van der Waals surface area contributed by atoms with Crippen molar-refractivity contribution in [2.75, 3.05) is 6.54 Å². The molecule has 2 unspecified atom stereocenters. The molecule has 1 saturated heterocycles. The minimum absolute atomic E-state index is 0. The monoisotopic (exact) mass is 421 g/mol. The predicted molar refractivity (Wildman–Crippen MR) is 116 cm³/mol. The average Bonchev–Trinajstić information content (AvgIpc) is 3.21. The highest BCUT2D eigenvalue weighted by atomic mass is 35.5. The summed E-state index contributed by atoms with van der Waals surface area (Å²) >= 11 is 0. The van der Waals surface area contributed by atoms with Gasteiger partial charge >= 0.3 is 0 Å². The van der Waals surface area contributed by atoms with E-state index < -0.39 is 0 Å². The number of piperidine rings is 1. The molecule has 0 aliphatic carbocycles. The van der Waals surface area contributed by atoms with E-state index >= 15 is 0 Å². The lowest BCUT2D eigenvalue weighted by atomic mass is 9.95. The average molecular weight is 422 g/mol. The number of nitrogens with two attached hydrogens (primary N) is 1. The first-order chi connectivity index (χ1) is 12.6. The van der Waals surface area contributed by atoms with Crippen LogP contribution in [0.5, 0.6) is 0 Å². The van der Waals surface area contributed by atoms with Crippen LogP contribution in [-0.4, -0.2) is 34.4 Å².